The van der Waals surface area contributed by atoms with Gasteiger partial charge in [-0.1, -0.05) is 6.07 Å². The number of nitrogens with one attached hydrogen (secondary N) is 2. The molecule has 6 nitrogen and oxygen atoms in total. The van der Waals surface area contributed by atoms with Crippen LogP contribution in [-0.2, 0) is 9.47 Å². The quantitative estimate of drug-likeness (QED) is 0.214. The maximum atomic E-state index is 5.49. The van der Waals surface area contributed by atoms with E-state index in [0.29, 0.717) is 25.9 Å². The molecular formula is C18H33IN4O2S. The molecule has 150 valence electrons. The molecule has 0 radical (unpaired) electrons. The first-order valence-electron chi connectivity index (χ1n) is 9.21. The highest BCUT2D eigenvalue weighted by Gasteiger charge is 2.24. The van der Waals surface area contributed by atoms with Crippen molar-refractivity contribution in [2.45, 2.75) is 25.8 Å². The number of guanidine groups is 1. The predicted molar refractivity (Wildman–Crippen MR) is 120 cm³/mol. The fraction of sp³-hybridized carbons (Fsp3) is 0.722. The molecule has 8 heteroatoms. The number of hydrogen-bond acceptors (Lipinski definition) is 5. The van der Waals surface area contributed by atoms with Crippen molar-refractivity contribution in [2.24, 2.45) is 4.99 Å². The summed E-state index contributed by atoms with van der Waals surface area (Å²) in [5, 5.41) is 8.82. The van der Waals surface area contributed by atoms with Crippen LogP contribution >= 0.6 is 35.3 Å². The van der Waals surface area contributed by atoms with Crippen LogP contribution in [0, 0.1) is 0 Å². The van der Waals surface area contributed by atoms with Crippen molar-refractivity contribution in [2.75, 3.05) is 59.7 Å². The Bertz CT molecular complexity index is 482. The Morgan fingerprint density at radius 3 is 2.73 bits per heavy atom. The molecule has 0 aromatic carbocycles. The lowest BCUT2D eigenvalue weighted by Gasteiger charge is -2.25. The normalized spacial score (nSPS) is 16.3. The minimum absolute atomic E-state index is 0. The van der Waals surface area contributed by atoms with Crippen molar-refractivity contribution in [3.8, 4) is 0 Å². The van der Waals surface area contributed by atoms with E-state index in [-0.39, 0.29) is 24.0 Å². The second-order valence-electron chi connectivity index (χ2n) is 6.03. The van der Waals surface area contributed by atoms with Crippen LogP contribution in [0.5, 0.6) is 0 Å². The molecule has 26 heavy (non-hydrogen) atoms. The van der Waals surface area contributed by atoms with E-state index in [0.717, 1.165) is 25.6 Å². The molecule has 0 bridgehead atoms. The fourth-order valence-electron chi connectivity index (χ4n) is 2.92. The van der Waals surface area contributed by atoms with E-state index in [9.17, 15) is 0 Å². The summed E-state index contributed by atoms with van der Waals surface area (Å²) in [6.45, 7) is 8.71. The third-order valence-corrected chi connectivity index (χ3v) is 5.16. The SMILES string of the molecule is CCNC(=NCC(c1cccs1)N1CCCC1)NCCOCCOC.I. The standard InChI is InChI=1S/C18H32N4O2S.HI/c1-3-19-18(20-8-11-24-13-12-23-2)21-15-16(17-7-6-14-25-17)22-9-4-5-10-22;/h6-7,14,16H,3-5,8-13,15H2,1-2H3,(H2,19,20,21);1H. The number of halogens is 1. The molecule has 0 spiro atoms. The van der Waals surface area contributed by atoms with Gasteiger partial charge < -0.3 is 20.1 Å². The van der Waals surface area contributed by atoms with Crippen LogP contribution in [0.4, 0.5) is 0 Å². The van der Waals surface area contributed by atoms with E-state index in [1.165, 1.54) is 30.8 Å². The molecule has 1 saturated heterocycles. The maximum absolute atomic E-state index is 5.49. The van der Waals surface area contributed by atoms with E-state index >= 15 is 0 Å². The molecule has 1 fully saturated rings. The van der Waals surface area contributed by atoms with Gasteiger partial charge in [-0.3, -0.25) is 9.89 Å². The van der Waals surface area contributed by atoms with Crippen molar-refractivity contribution >= 4 is 41.3 Å². The first kappa shape index (κ1) is 23.6. The lowest BCUT2D eigenvalue weighted by atomic mass is 10.2. The second kappa shape index (κ2) is 14.6. The average Bonchev–Trinajstić information content (AvgIpc) is 3.32. The fourth-order valence-corrected chi connectivity index (χ4v) is 3.78. The minimum Gasteiger partial charge on any atom is -0.382 e. The Morgan fingerprint density at radius 1 is 1.27 bits per heavy atom. The zero-order valence-electron chi connectivity index (χ0n) is 15.9. The highest BCUT2D eigenvalue weighted by Crippen LogP contribution is 2.28. The van der Waals surface area contributed by atoms with Gasteiger partial charge in [0.2, 0.25) is 0 Å². The Morgan fingerprint density at radius 2 is 2.08 bits per heavy atom. The van der Waals surface area contributed by atoms with Crippen LogP contribution < -0.4 is 10.6 Å². The first-order chi connectivity index (χ1) is 12.3. The Kier molecular flexibility index (Phi) is 13.3. The van der Waals surface area contributed by atoms with E-state index in [1.54, 1.807) is 7.11 Å². The second-order valence-corrected chi connectivity index (χ2v) is 7.01. The van der Waals surface area contributed by atoms with Crippen LogP contribution in [0.25, 0.3) is 0 Å². The molecule has 1 aliphatic rings. The number of rotatable bonds is 11. The van der Waals surface area contributed by atoms with Crippen LogP contribution in [-0.4, -0.2) is 70.5 Å². The smallest absolute Gasteiger partial charge is 0.191 e. The predicted octanol–water partition coefficient (Wildman–Crippen LogP) is 2.72. The number of nitrogens with zero attached hydrogens (tertiary/aromatic N) is 2. The Hall–Kier alpha value is -0.420. The van der Waals surface area contributed by atoms with Gasteiger partial charge in [-0.2, -0.15) is 0 Å². The maximum Gasteiger partial charge on any atom is 0.191 e. The summed E-state index contributed by atoms with van der Waals surface area (Å²) in [5.74, 6) is 0.860. The average molecular weight is 496 g/mol. The lowest BCUT2D eigenvalue weighted by molar-refractivity contribution is 0.0733. The largest absolute Gasteiger partial charge is 0.382 e. The summed E-state index contributed by atoms with van der Waals surface area (Å²) in [4.78, 5) is 8.80. The van der Waals surface area contributed by atoms with Gasteiger partial charge in [-0.25, -0.2) is 0 Å². The molecular weight excluding hydrogens is 463 g/mol. The third-order valence-electron chi connectivity index (χ3n) is 4.19. The molecule has 2 heterocycles. The van der Waals surface area contributed by atoms with Crippen LogP contribution in [0.15, 0.2) is 22.5 Å². The molecule has 0 aliphatic carbocycles. The Labute approximate surface area is 178 Å². The van der Waals surface area contributed by atoms with Crippen molar-refractivity contribution < 1.29 is 9.47 Å². The number of ether oxygens (including phenoxy) is 2. The van der Waals surface area contributed by atoms with E-state index in [2.05, 4.69) is 40.0 Å². The van der Waals surface area contributed by atoms with E-state index in [4.69, 9.17) is 14.5 Å². The molecule has 1 aliphatic heterocycles. The molecule has 0 saturated carbocycles. The van der Waals surface area contributed by atoms with Crippen molar-refractivity contribution in [3.05, 3.63) is 22.4 Å². The van der Waals surface area contributed by atoms with Gasteiger partial charge in [0.15, 0.2) is 5.96 Å². The molecule has 2 rings (SSSR count). The number of aliphatic imine (C=N–C) groups is 1. The van der Waals surface area contributed by atoms with Gasteiger partial charge >= 0.3 is 0 Å². The van der Waals surface area contributed by atoms with Crippen LogP contribution in [0.2, 0.25) is 0 Å². The highest BCUT2D eigenvalue weighted by molar-refractivity contribution is 14.0. The van der Waals surface area contributed by atoms with Crippen molar-refractivity contribution in [3.63, 3.8) is 0 Å². The monoisotopic (exact) mass is 496 g/mol. The van der Waals surface area contributed by atoms with Crippen LogP contribution in [0.1, 0.15) is 30.7 Å². The summed E-state index contributed by atoms with van der Waals surface area (Å²) in [7, 11) is 1.68. The molecule has 0 amide bonds. The zero-order valence-corrected chi connectivity index (χ0v) is 19.1. The topological polar surface area (TPSA) is 58.1 Å². The summed E-state index contributed by atoms with van der Waals surface area (Å²) < 4.78 is 10.5. The van der Waals surface area contributed by atoms with Crippen molar-refractivity contribution in [1.29, 1.82) is 0 Å². The van der Waals surface area contributed by atoms with Crippen LogP contribution in [0.3, 0.4) is 0 Å². The number of methoxy groups -OCH3 is 1. The number of hydrogen-bond donors (Lipinski definition) is 2. The van der Waals surface area contributed by atoms with Gasteiger partial charge in [0, 0.05) is 25.1 Å². The summed E-state index contributed by atoms with van der Waals surface area (Å²) >= 11 is 1.83. The first-order valence-corrected chi connectivity index (χ1v) is 10.1. The summed E-state index contributed by atoms with van der Waals surface area (Å²) in [5.41, 5.74) is 0. The third kappa shape index (κ3) is 8.51. The van der Waals surface area contributed by atoms with Crippen molar-refractivity contribution in [1.82, 2.24) is 15.5 Å². The van der Waals surface area contributed by atoms with Gasteiger partial charge in [0.05, 0.1) is 32.4 Å². The van der Waals surface area contributed by atoms with E-state index < -0.39 is 0 Å². The summed E-state index contributed by atoms with van der Waals surface area (Å²) in [6, 6.07) is 4.75. The molecule has 2 N–H and O–H groups in total. The van der Waals surface area contributed by atoms with Gasteiger partial charge in [0.1, 0.15) is 0 Å². The molecule has 1 atom stereocenters. The van der Waals surface area contributed by atoms with Gasteiger partial charge in [0.25, 0.3) is 0 Å². The number of likely N-dealkylation sites (tertiary alicyclic amines) is 1. The molecule has 1 unspecified atom stereocenters. The zero-order chi connectivity index (χ0) is 17.7. The van der Waals surface area contributed by atoms with E-state index in [1.807, 2.05) is 11.3 Å². The lowest BCUT2D eigenvalue weighted by Crippen LogP contribution is -2.40. The molecule has 1 aromatic rings. The summed E-state index contributed by atoms with van der Waals surface area (Å²) in [6.07, 6.45) is 2.59. The van der Waals surface area contributed by atoms with Gasteiger partial charge in [-0.05, 0) is 44.3 Å². The Balaban J connectivity index is 0.00000338. The molecule has 1 aromatic heterocycles. The number of thiophene rings is 1. The van der Waals surface area contributed by atoms with Gasteiger partial charge in [-0.15, -0.1) is 35.3 Å². The highest BCUT2D eigenvalue weighted by atomic mass is 127. The minimum atomic E-state index is 0.